The zero-order valence-corrected chi connectivity index (χ0v) is 9.92. The lowest BCUT2D eigenvalue weighted by Crippen LogP contribution is -2.39. The van der Waals surface area contributed by atoms with E-state index < -0.39 is 24.5 Å². The van der Waals surface area contributed by atoms with Crippen LogP contribution in [0, 0.1) is 0 Å². The second-order valence-corrected chi connectivity index (χ2v) is 4.40. The Balaban J connectivity index is 2.04. The Kier molecular flexibility index (Phi) is 2.82. The van der Waals surface area contributed by atoms with Gasteiger partial charge in [-0.2, -0.15) is 0 Å². The summed E-state index contributed by atoms with van der Waals surface area (Å²) in [6, 6.07) is -0.689. The number of rotatable bonds is 2. The van der Waals surface area contributed by atoms with Crippen LogP contribution in [0.25, 0.3) is 11.2 Å². The fraction of sp³-hybridized carbons (Fsp3) is 0.500. The van der Waals surface area contributed by atoms with Crippen molar-refractivity contribution in [3.05, 3.63) is 12.7 Å². The molecule has 0 saturated carbocycles. The van der Waals surface area contributed by atoms with Crippen molar-refractivity contribution in [2.24, 2.45) is 5.73 Å². The molecule has 102 valence electrons. The number of nitrogens with two attached hydrogens (primary N) is 2. The predicted octanol–water partition coefficient (Wildman–Crippen LogP) is -2.01. The smallest absolute Gasteiger partial charge is 0.167 e. The minimum Gasteiger partial charge on any atom is -0.394 e. The quantitative estimate of drug-likeness (QED) is 0.487. The van der Waals surface area contributed by atoms with Gasteiger partial charge in [0.25, 0.3) is 0 Å². The maximum absolute atomic E-state index is 9.85. The van der Waals surface area contributed by atoms with E-state index in [1.165, 1.54) is 12.7 Å². The van der Waals surface area contributed by atoms with Gasteiger partial charge in [-0.1, -0.05) is 0 Å². The molecule has 3 rings (SSSR count). The van der Waals surface area contributed by atoms with Crippen LogP contribution in [0.4, 0.5) is 5.82 Å². The molecular weight excluding hydrogens is 252 g/mol. The van der Waals surface area contributed by atoms with Crippen LogP contribution in [-0.4, -0.2) is 54.6 Å². The van der Waals surface area contributed by atoms with Crippen LogP contribution in [0.2, 0.25) is 0 Å². The third kappa shape index (κ3) is 1.75. The van der Waals surface area contributed by atoms with Gasteiger partial charge in [-0.25, -0.2) is 15.0 Å². The first-order valence-electron chi connectivity index (χ1n) is 5.76. The van der Waals surface area contributed by atoms with Crippen molar-refractivity contribution >= 4 is 17.0 Å². The molecule has 0 aromatic carbocycles. The number of aromatic nitrogens is 4. The highest BCUT2D eigenvalue weighted by Crippen LogP contribution is 2.30. The van der Waals surface area contributed by atoms with Gasteiger partial charge in [-0.3, -0.25) is 4.57 Å². The van der Waals surface area contributed by atoms with E-state index in [1.54, 1.807) is 4.57 Å². The van der Waals surface area contributed by atoms with Crippen LogP contribution in [0.3, 0.4) is 0 Å². The van der Waals surface area contributed by atoms with Gasteiger partial charge in [0.1, 0.15) is 24.1 Å². The number of nitrogen functional groups attached to an aromatic ring is 1. The van der Waals surface area contributed by atoms with Crippen LogP contribution in [0.5, 0.6) is 0 Å². The zero-order valence-electron chi connectivity index (χ0n) is 9.92. The fourth-order valence-corrected chi connectivity index (χ4v) is 2.23. The highest BCUT2D eigenvalue weighted by Gasteiger charge is 2.42. The maximum Gasteiger partial charge on any atom is 0.167 e. The number of anilines is 1. The topological polar surface area (TPSA) is 145 Å². The standard InChI is InChI=1S/C10H14N6O3/c11-5-7(18)4(1-17)19-10(5)16-3-15-6-8(12)13-2-14-9(6)16/h2-5,7,10,17-18H,1,11H2,(H2,12,13,14)/t4-,5+,7-,10+/m0/s1. The van der Waals surface area contributed by atoms with Crippen molar-refractivity contribution in [1.82, 2.24) is 19.5 Å². The van der Waals surface area contributed by atoms with E-state index in [2.05, 4.69) is 15.0 Å². The molecule has 1 fully saturated rings. The lowest BCUT2D eigenvalue weighted by atomic mass is 10.1. The maximum atomic E-state index is 9.85. The van der Waals surface area contributed by atoms with Crippen molar-refractivity contribution in [3.63, 3.8) is 0 Å². The number of fused-ring (bicyclic) bond motifs is 1. The minimum atomic E-state index is -0.952. The molecule has 19 heavy (non-hydrogen) atoms. The van der Waals surface area contributed by atoms with E-state index in [4.69, 9.17) is 21.3 Å². The van der Waals surface area contributed by atoms with Gasteiger partial charge in [0.05, 0.1) is 19.0 Å². The molecule has 1 aliphatic rings. The van der Waals surface area contributed by atoms with Gasteiger partial charge < -0.3 is 26.4 Å². The van der Waals surface area contributed by atoms with Gasteiger partial charge in [-0.05, 0) is 0 Å². The molecule has 2 aromatic heterocycles. The number of hydrogen-bond acceptors (Lipinski definition) is 8. The summed E-state index contributed by atoms with van der Waals surface area (Å²) in [6.45, 7) is -0.310. The van der Waals surface area contributed by atoms with Crippen molar-refractivity contribution in [3.8, 4) is 0 Å². The van der Waals surface area contributed by atoms with Crippen LogP contribution in [0.1, 0.15) is 6.23 Å². The van der Waals surface area contributed by atoms with Crippen LogP contribution < -0.4 is 11.5 Å². The SMILES string of the molecule is Nc1ncnc2c1ncn2[C@@H]1O[C@@H](CO)[C@H](O)[C@H]1N. The third-order valence-corrected chi connectivity index (χ3v) is 3.26. The summed E-state index contributed by atoms with van der Waals surface area (Å²) in [7, 11) is 0. The Morgan fingerprint density at radius 2 is 2.16 bits per heavy atom. The van der Waals surface area contributed by atoms with Crippen LogP contribution in [-0.2, 0) is 4.74 Å². The summed E-state index contributed by atoms with van der Waals surface area (Å²) < 4.78 is 7.10. The van der Waals surface area contributed by atoms with E-state index in [1.807, 2.05) is 0 Å². The van der Waals surface area contributed by atoms with E-state index in [9.17, 15) is 5.11 Å². The first kappa shape index (κ1) is 12.2. The molecule has 0 amide bonds. The van der Waals surface area contributed by atoms with Gasteiger partial charge >= 0.3 is 0 Å². The van der Waals surface area contributed by atoms with Crippen molar-refractivity contribution in [1.29, 1.82) is 0 Å². The molecule has 9 nitrogen and oxygen atoms in total. The number of aliphatic hydroxyl groups excluding tert-OH is 2. The van der Waals surface area contributed by atoms with E-state index in [0.29, 0.717) is 11.2 Å². The summed E-state index contributed by atoms with van der Waals surface area (Å²) in [5.74, 6) is 0.259. The van der Waals surface area contributed by atoms with Crippen molar-refractivity contribution in [2.75, 3.05) is 12.3 Å². The molecule has 0 radical (unpaired) electrons. The zero-order chi connectivity index (χ0) is 13.6. The Bertz CT molecular complexity index is 602. The molecule has 1 aliphatic heterocycles. The highest BCUT2D eigenvalue weighted by atomic mass is 16.5. The minimum absolute atomic E-state index is 0.259. The van der Waals surface area contributed by atoms with Gasteiger partial charge in [0, 0.05) is 0 Å². The van der Waals surface area contributed by atoms with Crippen LogP contribution in [0.15, 0.2) is 12.7 Å². The average Bonchev–Trinajstić information content (AvgIpc) is 2.94. The Hall–Kier alpha value is -1.81. The first-order chi connectivity index (χ1) is 9.13. The monoisotopic (exact) mass is 266 g/mol. The van der Waals surface area contributed by atoms with Crippen LogP contribution >= 0.6 is 0 Å². The Labute approximate surface area is 107 Å². The molecular formula is C10H14N6O3. The summed E-state index contributed by atoms with van der Waals surface area (Å²) in [6.07, 6.45) is 0.456. The van der Waals surface area contributed by atoms with E-state index in [-0.39, 0.29) is 12.4 Å². The predicted molar refractivity (Wildman–Crippen MR) is 64.7 cm³/mol. The normalized spacial score (nSPS) is 31.1. The molecule has 9 heteroatoms. The largest absolute Gasteiger partial charge is 0.394 e. The second kappa shape index (κ2) is 4.38. The van der Waals surface area contributed by atoms with E-state index in [0.717, 1.165) is 0 Å². The van der Waals surface area contributed by atoms with Gasteiger partial charge in [0.2, 0.25) is 0 Å². The lowest BCUT2D eigenvalue weighted by Gasteiger charge is -2.17. The molecule has 2 aromatic rings. The number of imidazole rings is 1. The molecule has 6 N–H and O–H groups in total. The fourth-order valence-electron chi connectivity index (χ4n) is 2.23. The molecule has 0 aliphatic carbocycles. The summed E-state index contributed by atoms with van der Waals surface area (Å²) >= 11 is 0. The number of aliphatic hydroxyl groups is 2. The third-order valence-electron chi connectivity index (χ3n) is 3.26. The molecule has 4 atom stereocenters. The molecule has 0 spiro atoms. The lowest BCUT2D eigenvalue weighted by molar-refractivity contribution is -0.0437. The summed E-state index contributed by atoms with van der Waals surface area (Å²) in [4.78, 5) is 12.0. The van der Waals surface area contributed by atoms with E-state index >= 15 is 0 Å². The molecule has 0 bridgehead atoms. The molecule has 3 heterocycles. The Morgan fingerprint density at radius 3 is 2.84 bits per heavy atom. The second-order valence-electron chi connectivity index (χ2n) is 4.40. The van der Waals surface area contributed by atoms with Crippen molar-refractivity contribution in [2.45, 2.75) is 24.5 Å². The molecule has 1 saturated heterocycles. The number of nitrogens with zero attached hydrogens (tertiary/aromatic N) is 4. The van der Waals surface area contributed by atoms with Gasteiger partial charge in [0.15, 0.2) is 17.7 Å². The van der Waals surface area contributed by atoms with Crippen molar-refractivity contribution < 1.29 is 14.9 Å². The summed E-state index contributed by atoms with van der Waals surface area (Å²) in [5.41, 5.74) is 12.5. The highest BCUT2D eigenvalue weighted by molar-refractivity contribution is 5.81. The average molecular weight is 266 g/mol. The number of ether oxygens (including phenoxy) is 1. The first-order valence-corrected chi connectivity index (χ1v) is 5.76. The molecule has 0 unspecified atom stereocenters. The van der Waals surface area contributed by atoms with Gasteiger partial charge in [-0.15, -0.1) is 0 Å². The summed E-state index contributed by atoms with van der Waals surface area (Å²) in [5, 5.41) is 19.0. The Morgan fingerprint density at radius 1 is 1.37 bits per heavy atom. The number of hydrogen-bond donors (Lipinski definition) is 4.